The highest BCUT2D eigenvalue weighted by atomic mass is 16.6. The third-order valence-corrected chi connectivity index (χ3v) is 2.18. The minimum Gasteiger partial charge on any atom is -0.300 e. The molecule has 4 heteroatoms. The number of hydrogen-bond acceptors (Lipinski definition) is 3. The van der Waals surface area contributed by atoms with Crippen LogP contribution in [-0.4, -0.2) is 10.7 Å². The van der Waals surface area contributed by atoms with Crippen LogP contribution >= 0.6 is 0 Å². The second-order valence-electron chi connectivity index (χ2n) is 3.59. The summed E-state index contributed by atoms with van der Waals surface area (Å²) in [6.45, 7) is 11.3. The lowest BCUT2D eigenvalue weighted by molar-refractivity contribution is -0.385. The van der Waals surface area contributed by atoms with Crippen molar-refractivity contribution in [1.29, 1.82) is 0 Å². The van der Waals surface area contributed by atoms with Crippen molar-refractivity contribution in [2.24, 2.45) is 0 Å². The fourth-order valence-corrected chi connectivity index (χ4v) is 1.37. The summed E-state index contributed by atoms with van der Waals surface area (Å²) in [6.07, 6.45) is 0.788. The molecule has 0 unspecified atom stereocenters. The second-order valence-corrected chi connectivity index (χ2v) is 3.59. The fourth-order valence-electron chi connectivity index (χ4n) is 1.37. The van der Waals surface area contributed by atoms with E-state index in [0.29, 0.717) is 18.4 Å². The summed E-state index contributed by atoms with van der Waals surface area (Å²) < 4.78 is 0. The lowest BCUT2D eigenvalue weighted by Crippen LogP contribution is -1.99. The maximum Gasteiger partial charge on any atom is 0.272 e. The van der Waals surface area contributed by atoms with Gasteiger partial charge in [-0.3, -0.25) is 10.1 Å². The summed E-state index contributed by atoms with van der Waals surface area (Å²) in [7, 11) is 0. The van der Waals surface area contributed by atoms with Gasteiger partial charge in [0.25, 0.3) is 5.69 Å². The standard InChI is InChI=1S/C11H13NO3.2C2H6/c1-8-3-5-10(6-4-9(2)13)11(7-8)12(14)15;2*1-2/h3,5,7H,4,6H2,1-2H3;2*1-2H3. The van der Waals surface area contributed by atoms with Crippen LogP contribution < -0.4 is 0 Å². The molecule has 19 heavy (non-hydrogen) atoms. The largest absolute Gasteiger partial charge is 0.300 e. The Labute approximate surface area is 116 Å². The zero-order chi connectivity index (χ0) is 15.4. The van der Waals surface area contributed by atoms with Crippen molar-refractivity contribution in [2.45, 2.75) is 54.4 Å². The molecule has 0 N–H and O–H groups in total. The highest BCUT2D eigenvalue weighted by Gasteiger charge is 2.13. The summed E-state index contributed by atoms with van der Waals surface area (Å²) in [6, 6.07) is 5.08. The molecule has 0 heterocycles. The third-order valence-electron chi connectivity index (χ3n) is 2.18. The number of Topliss-reactive ketones (excluding diaryl/α,β-unsaturated/α-hetero) is 1. The van der Waals surface area contributed by atoms with Gasteiger partial charge in [0.2, 0.25) is 0 Å². The molecule has 1 aromatic rings. The molecule has 0 aliphatic heterocycles. The molecule has 4 nitrogen and oxygen atoms in total. The number of carbonyl (C=O) groups is 1. The summed E-state index contributed by atoms with van der Waals surface area (Å²) in [5.41, 5.74) is 1.59. The van der Waals surface area contributed by atoms with Gasteiger partial charge >= 0.3 is 0 Å². The number of benzene rings is 1. The van der Waals surface area contributed by atoms with Gasteiger partial charge in [-0.25, -0.2) is 0 Å². The van der Waals surface area contributed by atoms with Crippen molar-refractivity contribution in [2.75, 3.05) is 0 Å². The normalized spacial score (nSPS) is 8.53. The minimum atomic E-state index is -0.400. The SMILES string of the molecule is CC.CC.CC(=O)CCc1ccc(C)cc1[N+](=O)[O-]. The highest BCUT2D eigenvalue weighted by Crippen LogP contribution is 2.21. The molecule has 0 atom stereocenters. The number of rotatable bonds is 4. The van der Waals surface area contributed by atoms with Gasteiger partial charge in [0.05, 0.1) is 4.92 Å². The molecule has 1 rings (SSSR count). The summed E-state index contributed by atoms with van der Waals surface area (Å²) >= 11 is 0. The molecular formula is C15H25NO3. The van der Waals surface area contributed by atoms with E-state index in [-0.39, 0.29) is 11.5 Å². The molecular weight excluding hydrogens is 242 g/mol. The lowest BCUT2D eigenvalue weighted by atomic mass is 10.0. The average Bonchev–Trinajstić information content (AvgIpc) is 2.41. The number of nitrogens with zero attached hydrogens (tertiary/aromatic N) is 1. The third kappa shape index (κ3) is 8.08. The number of nitro benzene ring substituents is 1. The molecule has 0 fully saturated rings. The van der Waals surface area contributed by atoms with Crippen LogP contribution in [0.1, 0.15) is 52.2 Å². The maximum absolute atomic E-state index is 10.8. The molecule has 0 amide bonds. The number of nitro groups is 1. The summed E-state index contributed by atoms with van der Waals surface area (Å²) in [5.74, 6) is 0.0462. The van der Waals surface area contributed by atoms with E-state index >= 15 is 0 Å². The lowest BCUT2D eigenvalue weighted by Gasteiger charge is -2.02. The Bertz CT molecular complexity index is 400. The van der Waals surface area contributed by atoms with Gasteiger partial charge in [-0.2, -0.15) is 0 Å². The van der Waals surface area contributed by atoms with Crippen LogP contribution in [0.2, 0.25) is 0 Å². The van der Waals surface area contributed by atoms with Crippen LogP contribution in [0.5, 0.6) is 0 Å². The molecule has 0 aliphatic rings. The van der Waals surface area contributed by atoms with Gasteiger partial charge in [0, 0.05) is 18.1 Å². The molecule has 108 valence electrons. The number of aryl methyl sites for hydroxylation is 2. The molecule has 1 aromatic carbocycles. The first-order valence-corrected chi connectivity index (χ1v) is 6.74. The van der Waals surface area contributed by atoms with Crippen molar-refractivity contribution in [3.63, 3.8) is 0 Å². The predicted molar refractivity (Wildman–Crippen MR) is 79.5 cm³/mol. The Hall–Kier alpha value is -1.71. The number of ketones is 1. The Balaban J connectivity index is 0. The first-order valence-electron chi connectivity index (χ1n) is 6.74. The molecule has 0 saturated heterocycles. The van der Waals surface area contributed by atoms with Gasteiger partial charge in [0.15, 0.2) is 0 Å². The van der Waals surface area contributed by atoms with E-state index in [1.807, 2.05) is 40.7 Å². The van der Waals surface area contributed by atoms with Crippen LogP contribution in [0.3, 0.4) is 0 Å². The molecule has 0 bridgehead atoms. The fraction of sp³-hybridized carbons (Fsp3) is 0.533. The quantitative estimate of drug-likeness (QED) is 0.597. The zero-order valence-electron chi connectivity index (χ0n) is 12.8. The van der Waals surface area contributed by atoms with E-state index in [2.05, 4.69) is 0 Å². The van der Waals surface area contributed by atoms with E-state index < -0.39 is 4.92 Å². The summed E-state index contributed by atoms with van der Waals surface area (Å²) in [4.78, 5) is 21.1. The van der Waals surface area contributed by atoms with Crippen LogP contribution in [-0.2, 0) is 11.2 Å². The topological polar surface area (TPSA) is 60.2 Å². The van der Waals surface area contributed by atoms with Crippen LogP contribution in [0.25, 0.3) is 0 Å². The first kappa shape index (κ1) is 19.6. The van der Waals surface area contributed by atoms with Crippen LogP contribution in [0, 0.1) is 17.0 Å². The van der Waals surface area contributed by atoms with Gasteiger partial charge in [0.1, 0.15) is 5.78 Å². The van der Waals surface area contributed by atoms with Gasteiger partial charge in [-0.05, 0) is 25.8 Å². The Kier molecular flexibility index (Phi) is 11.8. The van der Waals surface area contributed by atoms with Crippen molar-refractivity contribution in [3.05, 3.63) is 39.4 Å². The maximum atomic E-state index is 10.8. The number of hydrogen-bond donors (Lipinski definition) is 0. The monoisotopic (exact) mass is 267 g/mol. The van der Waals surface area contributed by atoms with Crippen molar-refractivity contribution < 1.29 is 9.72 Å². The smallest absolute Gasteiger partial charge is 0.272 e. The second kappa shape index (κ2) is 11.4. The Morgan fingerprint density at radius 1 is 1.21 bits per heavy atom. The molecule has 0 radical (unpaired) electrons. The van der Waals surface area contributed by atoms with E-state index in [4.69, 9.17) is 0 Å². The van der Waals surface area contributed by atoms with Crippen LogP contribution in [0.4, 0.5) is 5.69 Å². The molecule has 0 aliphatic carbocycles. The van der Waals surface area contributed by atoms with Crippen molar-refractivity contribution in [3.8, 4) is 0 Å². The minimum absolute atomic E-state index is 0.0462. The van der Waals surface area contributed by atoms with E-state index in [1.165, 1.54) is 13.0 Å². The average molecular weight is 267 g/mol. The van der Waals surface area contributed by atoms with Crippen molar-refractivity contribution >= 4 is 11.5 Å². The molecule has 0 aromatic heterocycles. The summed E-state index contributed by atoms with van der Waals surface area (Å²) in [5, 5.41) is 10.7. The highest BCUT2D eigenvalue weighted by molar-refractivity contribution is 5.75. The first-order chi connectivity index (χ1) is 9.00. The van der Waals surface area contributed by atoms with Crippen LogP contribution in [0.15, 0.2) is 18.2 Å². The Morgan fingerprint density at radius 2 is 1.74 bits per heavy atom. The van der Waals surface area contributed by atoms with E-state index in [9.17, 15) is 14.9 Å². The molecule has 0 spiro atoms. The van der Waals surface area contributed by atoms with E-state index in [1.54, 1.807) is 6.07 Å². The zero-order valence-corrected chi connectivity index (χ0v) is 12.8. The predicted octanol–water partition coefficient (Wildman–Crippen LogP) is 4.48. The van der Waals surface area contributed by atoms with Gasteiger partial charge in [-0.15, -0.1) is 0 Å². The number of carbonyl (C=O) groups excluding carboxylic acids is 1. The van der Waals surface area contributed by atoms with Crippen molar-refractivity contribution in [1.82, 2.24) is 0 Å². The van der Waals surface area contributed by atoms with Gasteiger partial charge in [-0.1, -0.05) is 39.8 Å². The van der Waals surface area contributed by atoms with E-state index in [0.717, 1.165) is 5.56 Å². The van der Waals surface area contributed by atoms with Gasteiger partial charge < -0.3 is 4.79 Å². The Morgan fingerprint density at radius 3 is 2.16 bits per heavy atom. The molecule has 0 saturated carbocycles.